The Morgan fingerprint density at radius 1 is 1.11 bits per heavy atom. The average Bonchev–Trinajstić information content (AvgIpc) is 3.36. The number of carbonyl (C=O) groups is 1. The lowest BCUT2D eigenvalue weighted by atomic mass is 10.1. The van der Waals surface area contributed by atoms with E-state index in [0.29, 0.717) is 0 Å². The van der Waals surface area contributed by atoms with E-state index in [0.717, 1.165) is 48.6 Å². The summed E-state index contributed by atoms with van der Waals surface area (Å²) in [7, 11) is 0. The van der Waals surface area contributed by atoms with Crippen LogP contribution < -0.4 is 5.32 Å². The van der Waals surface area contributed by atoms with Crippen LogP contribution in [0.1, 0.15) is 44.1 Å². The van der Waals surface area contributed by atoms with Crippen molar-refractivity contribution in [2.24, 2.45) is 0 Å². The zero-order chi connectivity index (χ0) is 19.5. The van der Waals surface area contributed by atoms with Crippen LogP contribution in [0.2, 0.25) is 0 Å². The number of likely N-dealkylation sites (tertiary alicyclic amines) is 1. The number of anilines is 1. The number of imidazole rings is 1. The van der Waals surface area contributed by atoms with Crippen molar-refractivity contribution in [3.8, 4) is 0 Å². The Balaban J connectivity index is 1.58. The highest BCUT2D eigenvalue weighted by Gasteiger charge is 2.22. The summed E-state index contributed by atoms with van der Waals surface area (Å²) in [6.45, 7) is 7.19. The highest BCUT2D eigenvalue weighted by Crippen LogP contribution is 2.25. The first-order valence-corrected chi connectivity index (χ1v) is 10.2. The zero-order valence-corrected chi connectivity index (χ0v) is 16.7. The van der Waals surface area contributed by atoms with Gasteiger partial charge in [-0.2, -0.15) is 0 Å². The molecule has 1 N–H and O–H groups in total. The van der Waals surface area contributed by atoms with E-state index in [-0.39, 0.29) is 11.9 Å². The molecule has 2 aromatic carbocycles. The van der Waals surface area contributed by atoms with Crippen LogP contribution >= 0.6 is 0 Å². The van der Waals surface area contributed by atoms with Gasteiger partial charge < -0.3 is 9.88 Å². The van der Waals surface area contributed by atoms with Gasteiger partial charge in [0.25, 0.3) is 0 Å². The maximum absolute atomic E-state index is 13.1. The van der Waals surface area contributed by atoms with Gasteiger partial charge in [0.2, 0.25) is 5.91 Å². The van der Waals surface area contributed by atoms with E-state index in [9.17, 15) is 4.79 Å². The number of hydrogen-bond donors (Lipinski definition) is 1. The van der Waals surface area contributed by atoms with Crippen molar-refractivity contribution in [2.45, 2.75) is 45.7 Å². The number of nitrogens with zero attached hydrogens (tertiary/aromatic N) is 3. The fourth-order valence-electron chi connectivity index (χ4n) is 4.09. The second-order valence-corrected chi connectivity index (χ2v) is 7.55. The molecule has 1 aromatic heterocycles. The van der Waals surface area contributed by atoms with Gasteiger partial charge in [0.15, 0.2) is 0 Å². The number of fused-ring (bicyclic) bond motifs is 1. The summed E-state index contributed by atoms with van der Waals surface area (Å²) in [5.41, 5.74) is 4.03. The molecule has 4 rings (SSSR count). The Labute approximate surface area is 166 Å². The van der Waals surface area contributed by atoms with Gasteiger partial charge in [0, 0.05) is 18.7 Å². The summed E-state index contributed by atoms with van der Waals surface area (Å²) < 4.78 is 2.06. The highest BCUT2D eigenvalue weighted by molar-refractivity contribution is 5.95. The standard InChI is InChI=1S/C23H28N4O/c1-3-22-24-20-12-6-7-13-21(20)27(22)17(2)23(28)25-19-11-5-4-10-18(19)16-26-14-8-9-15-26/h4-7,10-13,17H,3,8-9,14-16H2,1-2H3,(H,25,28)/t17-/m0/s1. The third-order valence-electron chi connectivity index (χ3n) is 5.62. The zero-order valence-electron chi connectivity index (χ0n) is 16.7. The van der Waals surface area contributed by atoms with Gasteiger partial charge >= 0.3 is 0 Å². The second-order valence-electron chi connectivity index (χ2n) is 7.55. The summed E-state index contributed by atoms with van der Waals surface area (Å²) in [6.07, 6.45) is 3.32. The molecule has 1 atom stereocenters. The average molecular weight is 377 g/mol. The molecule has 0 unspecified atom stereocenters. The molecule has 1 aliphatic heterocycles. The van der Waals surface area contributed by atoms with Crippen molar-refractivity contribution in [1.82, 2.24) is 14.5 Å². The first-order chi connectivity index (χ1) is 13.7. The van der Waals surface area contributed by atoms with Crippen molar-refractivity contribution in [2.75, 3.05) is 18.4 Å². The van der Waals surface area contributed by atoms with Crippen LogP contribution in [0, 0.1) is 0 Å². The minimum absolute atomic E-state index is 0.00766. The van der Waals surface area contributed by atoms with E-state index >= 15 is 0 Å². The topological polar surface area (TPSA) is 50.2 Å². The molecule has 0 saturated carbocycles. The molecule has 3 aromatic rings. The number of aromatic nitrogens is 2. The number of amides is 1. The van der Waals surface area contributed by atoms with Crippen molar-refractivity contribution < 1.29 is 4.79 Å². The monoisotopic (exact) mass is 376 g/mol. The Bertz CT molecular complexity index is 972. The highest BCUT2D eigenvalue weighted by atomic mass is 16.2. The van der Waals surface area contributed by atoms with Gasteiger partial charge in [-0.1, -0.05) is 37.3 Å². The molecular weight excluding hydrogens is 348 g/mol. The number of aryl methyl sites for hydroxylation is 1. The minimum Gasteiger partial charge on any atom is -0.324 e. The van der Waals surface area contributed by atoms with Gasteiger partial charge in [0.05, 0.1) is 11.0 Å². The van der Waals surface area contributed by atoms with Crippen molar-refractivity contribution in [3.63, 3.8) is 0 Å². The largest absolute Gasteiger partial charge is 0.324 e. The van der Waals surface area contributed by atoms with E-state index in [2.05, 4.69) is 27.8 Å². The molecule has 1 amide bonds. The van der Waals surface area contributed by atoms with E-state index in [1.807, 2.05) is 49.4 Å². The van der Waals surface area contributed by atoms with E-state index in [1.54, 1.807) is 0 Å². The summed E-state index contributed by atoms with van der Waals surface area (Å²) in [6, 6.07) is 15.8. The van der Waals surface area contributed by atoms with Crippen LogP contribution in [-0.2, 0) is 17.8 Å². The van der Waals surface area contributed by atoms with Crippen LogP contribution in [0.15, 0.2) is 48.5 Å². The number of benzene rings is 2. The lowest BCUT2D eigenvalue weighted by Gasteiger charge is -2.20. The van der Waals surface area contributed by atoms with Gasteiger partial charge in [-0.15, -0.1) is 0 Å². The second kappa shape index (κ2) is 8.15. The smallest absolute Gasteiger partial charge is 0.247 e. The lowest BCUT2D eigenvalue weighted by Crippen LogP contribution is -2.26. The molecule has 0 spiro atoms. The van der Waals surface area contributed by atoms with Gasteiger partial charge in [-0.25, -0.2) is 4.98 Å². The molecule has 1 fully saturated rings. The molecule has 1 saturated heterocycles. The molecular formula is C23H28N4O. The summed E-state index contributed by atoms with van der Waals surface area (Å²) in [4.78, 5) is 20.3. The number of carbonyl (C=O) groups excluding carboxylic acids is 1. The molecule has 146 valence electrons. The van der Waals surface area contributed by atoms with Gasteiger partial charge in [0.1, 0.15) is 11.9 Å². The van der Waals surface area contributed by atoms with Crippen LogP contribution in [0.3, 0.4) is 0 Å². The maximum atomic E-state index is 13.1. The molecule has 2 heterocycles. The Morgan fingerprint density at radius 2 is 1.82 bits per heavy atom. The van der Waals surface area contributed by atoms with Crippen LogP contribution in [-0.4, -0.2) is 33.4 Å². The Hall–Kier alpha value is -2.66. The lowest BCUT2D eigenvalue weighted by molar-refractivity contribution is -0.118. The Morgan fingerprint density at radius 3 is 2.61 bits per heavy atom. The summed E-state index contributed by atoms with van der Waals surface area (Å²) >= 11 is 0. The SMILES string of the molecule is CCc1nc2ccccc2n1[C@@H](C)C(=O)Nc1ccccc1CN1CCCC1. The number of hydrogen-bond acceptors (Lipinski definition) is 3. The summed E-state index contributed by atoms with van der Waals surface area (Å²) in [5.74, 6) is 0.931. The van der Waals surface area contributed by atoms with Crippen molar-refractivity contribution in [3.05, 3.63) is 59.9 Å². The molecule has 0 bridgehead atoms. The fraction of sp³-hybridized carbons (Fsp3) is 0.391. The number of rotatable bonds is 6. The number of nitrogens with one attached hydrogen (secondary N) is 1. The Kier molecular flexibility index (Phi) is 5.44. The fourth-order valence-corrected chi connectivity index (χ4v) is 4.09. The van der Waals surface area contributed by atoms with Crippen molar-refractivity contribution in [1.29, 1.82) is 0 Å². The first kappa shape index (κ1) is 18.7. The van der Waals surface area contributed by atoms with Crippen LogP contribution in [0.5, 0.6) is 0 Å². The van der Waals surface area contributed by atoms with Crippen LogP contribution in [0.25, 0.3) is 11.0 Å². The molecule has 0 radical (unpaired) electrons. The predicted octanol–water partition coefficient (Wildman–Crippen LogP) is 4.39. The molecule has 28 heavy (non-hydrogen) atoms. The van der Waals surface area contributed by atoms with Gasteiger partial charge in [-0.05, 0) is 56.6 Å². The number of para-hydroxylation sites is 3. The van der Waals surface area contributed by atoms with Crippen LogP contribution in [0.4, 0.5) is 5.69 Å². The predicted molar refractivity (Wildman–Crippen MR) is 113 cm³/mol. The molecule has 5 heteroatoms. The molecule has 0 aliphatic carbocycles. The van der Waals surface area contributed by atoms with Gasteiger partial charge in [-0.3, -0.25) is 9.69 Å². The third-order valence-corrected chi connectivity index (χ3v) is 5.62. The molecule has 1 aliphatic rings. The van der Waals surface area contributed by atoms with E-state index in [4.69, 9.17) is 4.98 Å². The van der Waals surface area contributed by atoms with E-state index < -0.39 is 0 Å². The third kappa shape index (κ3) is 3.67. The van der Waals surface area contributed by atoms with E-state index in [1.165, 1.54) is 18.4 Å². The minimum atomic E-state index is -0.331. The normalized spacial score (nSPS) is 15.8. The van der Waals surface area contributed by atoms with Crippen molar-refractivity contribution >= 4 is 22.6 Å². The quantitative estimate of drug-likeness (QED) is 0.694. The molecule has 5 nitrogen and oxygen atoms in total. The first-order valence-electron chi connectivity index (χ1n) is 10.2. The summed E-state index contributed by atoms with van der Waals surface area (Å²) in [5, 5.41) is 3.17. The maximum Gasteiger partial charge on any atom is 0.247 e.